The lowest BCUT2D eigenvalue weighted by molar-refractivity contribution is -0.139. The second-order valence-corrected chi connectivity index (χ2v) is 25.7. The van der Waals surface area contributed by atoms with Crippen LogP contribution >= 0.6 is 0 Å². The SMILES string of the molecule is O=C(O)CN1CCN(c2nc3ccccc3n2C2CC3CCCC(C2)N3C2CC3CCCC(C2)C3c2cccc3c2nc(N2CCCC2C(=O)O)n3C2CC3CCCC(C2)N3C2CCC3CCCC(C3)C2)CC1. The Morgan fingerprint density at radius 1 is 0.507 bits per heavy atom. The van der Waals surface area contributed by atoms with Gasteiger partial charge in [-0.2, -0.15) is 0 Å². The Morgan fingerprint density at radius 2 is 1.12 bits per heavy atom. The van der Waals surface area contributed by atoms with Gasteiger partial charge < -0.3 is 29.1 Å². The number of anilines is 2. The first-order chi connectivity index (χ1) is 35.8. The third kappa shape index (κ3) is 8.50. The second kappa shape index (κ2) is 19.4. The molecule has 73 heavy (non-hydrogen) atoms. The minimum Gasteiger partial charge on any atom is -0.480 e. The van der Waals surface area contributed by atoms with E-state index in [1.807, 2.05) is 0 Å². The van der Waals surface area contributed by atoms with Crippen molar-refractivity contribution in [2.75, 3.05) is 49.1 Å². The molecule has 4 aliphatic carbocycles. The molecule has 14 rings (SSSR count). The van der Waals surface area contributed by atoms with Gasteiger partial charge in [0, 0.05) is 81.1 Å². The molecule has 8 heterocycles. The number of hydrogen-bond donors (Lipinski definition) is 2. The van der Waals surface area contributed by atoms with E-state index in [9.17, 15) is 19.8 Å². The topological polar surface area (TPSA) is 126 Å². The molecule has 8 bridgehead atoms. The summed E-state index contributed by atoms with van der Waals surface area (Å²) < 4.78 is 5.26. The first-order valence-electron chi connectivity index (χ1n) is 30.0. The number of benzene rings is 2. The van der Waals surface area contributed by atoms with E-state index in [2.05, 4.69) is 76.1 Å². The number of piperidine rings is 4. The first-order valence-corrected chi connectivity index (χ1v) is 30.0. The van der Waals surface area contributed by atoms with Crippen molar-refractivity contribution in [3.63, 3.8) is 0 Å². The summed E-state index contributed by atoms with van der Waals surface area (Å²) in [7, 11) is 0. The predicted molar refractivity (Wildman–Crippen MR) is 287 cm³/mol. The number of hydrogen-bond acceptors (Lipinski definition) is 9. The number of carboxylic acid groups (broad SMARTS) is 2. The molecule has 6 aliphatic heterocycles. The number of carboxylic acids is 2. The molecule has 392 valence electrons. The lowest BCUT2D eigenvalue weighted by Crippen LogP contribution is -2.59. The van der Waals surface area contributed by atoms with Crippen LogP contribution in [0, 0.1) is 23.7 Å². The maximum Gasteiger partial charge on any atom is 0.326 e. The molecule has 10 atom stereocenters. The highest BCUT2D eigenvalue weighted by atomic mass is 16.4. The van der Waals surface area contributed by atoms with Crippen LogP contribution in [0.3, 0.4) is 0 Å². The molecule has 0 spiro atoms. The van der Waals surface area contributed by atoms with Crippen molar-refractivity contribution in [1.82, 2.24) is 33.8 Å². The summed E-state index contributed by atoms with van der Waals surface area (Å²) in [5.41, 5.74) is 6.22. The van der Waals surface area contributed by atoms with Crippen molar-refractivity contribution < 1.29 is 19.8 Å². The van der Waals surface area contributed by atoms with Gasteiger partial charge in [0.05, 0.1) is 28.6 Å². The van der Waals surface area contributed by atoms with Crippen molar-refractivity contribution in [3.05, 3.63) is 48.0 Å². The molecule has 4 aromatic rings. The minimum atomic E-state index is -0.752. The number of nitrogens with zero attached hydrogens (tertiary/aromatic N) is 9. The van der Waals surface area contributed by atoms with Crippen molar-refractivity contribution in [2.45, 2.75) is 214 Å². The van der Waals surface area contributed by atoms with E-state index in [0.717, 1.165) is 100 Å². The minimum absolute atomic E-state index is 0.103. The van der Waals surface area contributed by atoms with Crippen LogP contribution in [-0.2, 0) is 9.59 Å². The summed E-state index contributed by atoms with van der Waals surface area (Å²) in [5, 5.41) is 20.2. The Kier molecular flexibility index (Phi) is 12.6. The van der Waals surface area contributed by atoms with Gasteiger partial charge in [0.1, 0.15) is 6.04 Å². The van der Waals surface area contributed by atoms with E-state index in [-0.39, 0.29) is 6.54 Å². The highest BCUT2D eigenvalue weighted by Crippen LogP contribution is 2.56. The van der Waals surface area contributed by atoms with Crippen LogP contribution in [0.15, 0.2) is 42.5 Å². The number of imidazole rings is 2. The second-order valence-electron chi connectivity index (χ2n) is 25.7. The van der Waals surface area contributed by atoms with Crippen LogP contribution < -0.4 is 9.80 Å². The Morgan fingerprint density at radius 3 is 1.82 bits per heavy atom. The van der Waals surface area contributed by atoms with Crippen LogP contribution in [0.5, 0.6) is 0 Å². The number of rotatable bonds is 10. The Bertz CT molecular complexity index is 2630. The molecule has 2 aromatic heterocycles. The first kappa shape index (κ1) is 47.3. The van der Waals surface area contributed by atoms with Gasteiger partial charge in [0.15, 0.2) is 0 Å². The highest BCUT2D eigenvalue weighted by Gasteiger charge is 2.51. The largest absolute Gasteiger partial charge is 0.480 e. The van der Waals surface area contributed by atoms with Gasteiger partial charge in [0.2, 0.25) is 11.9 Å². The molecule has 13 nitrogen and oxygen atoms in total. The van der Waals surface area contributed by atoms with Gasteiger partial charge in [-0.05, 0) is 169 Å². The number of fused-ring (bicyclic) bond motifs is 10. The van der Waals surface area contributed by atoms with Crippen LogP contribution in [0.2, 0.25) is 0 Å². The number of carbonyl (C=O) groups is 2. The molecular weight excluding hydrogens is 911 g/mol. The standard InChI is InChI=1S/C60H83N9O4/c70-55(71)37-63-25-27-64(28-26-63)59-61-51-18-1-2-19-52(51)68(59)48-35-44-15-6-16-45(36-48)67(44)47-31-40-11-4-12-41(32-47)56(40)50-17-7-20-53-57(50)62-60(65-24-8-21-54(65)58(72)73)69(53)49-33-42-13-5-14-43(34-49)66(42)46-23-22-38-9-3-10-39(29-38)30-46/h1-2,7,17-20,38-49,54,56H,3-6,8-16,21-37H2,(H,70,71)(H,72,73). The summed E-state index contributed by atoms with van der Waals surface area (Å²) in [6.07, 6.45) is 30.5. The Balaban J connectivity index is 0.744. The van der Waals surface area contributed by atoms with Crippen molar-refractivity contribution in [3.8, 4) is 0 Å². The normalized spacial score (nSPS) is 37.4. The monoisotopic (exact) mass is 994 g/mol. The third-order valence-corrected chi connectivity index (χ3v) is 21.8. The number of aromatic nitrogens is 4. The molecule has 10 aliphatic rings. The Hall–Kier alpha value is -4.20. The zero-order valence-electron chi connectivity index (χ0n) is 43.6. The summed E-state index contributed by atoms with van der Waals surface area (Å²) in [5.74, 6) is 4.20. The van der Waals surface area contributed by atoms with Gasteiger partial charge in [-0.25, -0.2) is 14.8 Å². The van der Waals surface area contributed by atoms with E-state index in [0.29, 0.717) is 66.5 Å². The van der Waals surface area contributed by atoms with Crippen LogP contribution in [0.25, 0.3) is 22.1 Å². The number of aliphatic carboxylic acids is 2. The van der Waals surface area contributed by atoms with E-state index in [1.165, 1.54) is 138 Å². The van der Waals surface area contributed by atoms with Crippen LogP contribution in [-0.4, -0.2) is 138 Å². The van der Waals surface area contributed by atoms with Gasteiger partial charge in [-0.15, -0.1) is 0 Å². The maximum absolute atomic E-state index is 13.0. The molecule has 2 aromatic carbocycles. The lowest BCUT2D eigenvalue weighted by Gasteiger charge is -2.57. The molecule has 2 N–H and O–H groups in total. The molecule has 4 saturated carbocycles. The zero-order valence-corrected chi connectivity index (χ0v) is 43.6. The highest BCUT2D eigenvalue weighted by molar-refractivity contribution is 5.85. The smallest absolute Gasteiger partial charge is 0.326 e. The average Bonchev–Trinajstić information content (AvgIpc) is 4.11. The van der Waals surface area contributed by atoms with Gasteiger partial charge in [0.25, 0.3) is 0 Å². The zero-order chi connectivity index (χ0) is 48.9. The Labute approximate surface area is 433 Å². The summed E-state index contributed by atoms with van der Waals surface area (Å²) in [6.45, 7) is 3.95. The van der Waals surface area contributed by atoms with Crippen LogP contribution in [0.1, 0.15) is 178 Å². The van der Waals surface area contributed by atoms with Crippen LogP contribution in [0.4, 0.5) is 11.9 Å². The molecule has 10 unspecified atom stereocenters. The fraction of sp³-hybridized carbons (Fsp3) is 0.733. The van der Waals surface area contributed by atoms with E-state index in [1.54, 1.807) is 0 Å². The van der Waals surface area contributed by atoms with Gasteiger partial charge in [-0.3, -0.25) is 19.5 Å². The lowest BCUT2D eigenvalue weighted by atomic mass is 9.60. The summed E-state index contributed by atoms with van der Waals surface area (Å²) in [6, 6.07) is 19.8. The number of para-hydroxylation sites is 3. The fourth-order valence-electron chi connectivity index (χ4n) is 19.1. The molecular formula is C60H83N9O4. The third-order valence-electron chi connectivity index (χ3n) is 21.8. The van der Waals surface area contributed by atoms with Gasteiger partial charge >= 0.3 is 11.9 Å². The molecule has 10 fully saturated rings. The maximum atomic E-state index is 13.0. The average molecular weight is 994 g/mol. The van der Waals surface area contributed by atoms with Gasteiger partial charge in [-0.1, -0.05) is 62.8 Å². The fourth-order valence-corrected chi connectivity index (χ4v) is 19.1. The van der Waals surface area contributed by atoms with E-state index >= 15 is 0 Å². The molecule has 13 heteroatoms. The quantitative estimate of drug-likeness (QED) is 0.158. The summed E-state index contributed by atoms with van der Waals surface area (Å²) in [4.78, 5) is 48.5. The van der Waals surface area contributed by atoms with Crippen molar-refractivity contribution in [2.24, 2.45) is 23.7 Å². The molecule has 6 saturated heterocycles. The molecule has 0 radical (unpaired) electrons. The molecule has 0 amide bonds. The predicted octanol–water partition coefficient (Wildman–Crippen LogP) is 10.5. The van der Waals surface area contributed by atoms with E-state index in [4.69, 9.17) is 9.97 Å². The van der Waals surface area contributed by atoms with Crippen molar-refractivity contribution in [1.29, 1.82) is 0 Å². The number of piperazine rings is 1. The van der Waals surface area contributed by atoms with Crippen molar-refractivity contribution >= 4 is 45.9 Å². The van der Waals surface area contributed by atoms with E-state index < -0.39 is 18.0 Å². The summed E-state index contributed by atoms with van der Waals surface area (Å²) >= 11 is 0.